The summed E-state index contributed by atoms with van der Waals surface area (Å²) in [7, 11) is 0. The summed E-state index contributed by atoms with van der Waals surface area (Å²) in [6.07, 6.45) is 0.998. The van der Waals surface area contributed by atoms with E-state index in [0.29, 0.717) is 12.8 Å². The maximum Gasteiger partial charge on any atom is 0.248 e. The van der Waals surface area contributed by atoms with Gasteiger partial charge in [-0.05, 0) is 31.6 Å². The first-order valence-corrected chi connectivity index (χ1v) is 5.33. The van der Waals surface area contributed by atoms with Gasteiger partial charge in [-0.15, -0.1) is 0 Å². The van der Waals surface area contributed by atoms with E-state index in [4.69, 9.17) is 0 Å². The van der Waals surface area contributed by atoms with Crippen LogP contribution < -0.4 is 0 Å². The Morgan fingerprint density at radius 1 is 1.50 bits per heavy atom. The fourth-order valence-corrected chi connectivity index (χ4v) is 2.04. The molecule has 1 fully saturated rings. The molecule has 0 aromatic rings. The lowest BCUT2D eigenvalue weighted by Crippen LogP contribution is -2.33. The van der Waals surface area contributed by atoms with Crippen LogP contribution in [0.1, 0.15) is 46.5 Å². The average molecular weight is 206 g/mol. The average Bonchev–Trinajstić information content (AvgIpc) is 2.28. The lowest BCUT2D eigenvalue weighted by molar-refractivity contribution is -0.0227. The topological polar surface area (TPSA) is 20.2 Å². The Kier molecular flexibility index (Phi) is 3.20. The lowest BCUT2D eigenvalue weighted by atomic mass is 9.83. The Bertz CT molecular complexity index is 199. The van der Waals surface area contributed by atoms with Crippen LogP contribution in [0.25, 0.3) is 0 Å². The molecule has 1 N–H and O–H groups in total. The van der Waals surface area contributed by atoms with E-state index in [9.17, 15) is 13.9 Å². The van der Waals surface area contributed by atoms with Crippen molar-refractivity contribution in [2.24, 2.45) is 11.8 Å². The molecule has 1 rings (SSSR count). The molecule has 0 bridgehead atoms. The Morgan fingerprint density at radius 2 is 2.07 bits per heavy atom. The van der Waals surface area contributed by atoms with Crippen LogP contribution in [0.2, 0.25) is 0 Å². The maximum absolute atomic E-state index is 12.9. The van der Waals surface area contributed by atoms with Crippen molar-refractivity contribution >= 4 is 0 Å². The largest absolute Gasteiger partial charge is 0.390 e. The Hall–Kier alpha value is -0.180. The first-order valence-electron chi connectivity index (χ1n) is 5.33. The molecule has 3 heteroatoms. The van der Waals surface area contributed by atoms with Crippen molar-refractivity contribution in [1.29, 1.82) is 0 Å². The van der Waals surface area contributed by atoms with Crippen LogP contribution in [0.3, 0.4) is 0 Å². The van der Waals surface area contributed by atoms with E-state index in [0.717, 1.165) is 0 Å². The molecule has 1 saturated carbocycles. The molecule has 0 aliphatic heterocycles. The number of hydrogen-bond acceptors (Lipinski definition) is 1. The van der Waals surface area contributed by atoms with Crippen LogP contribution in [0.5, 0.6) is 0 Å². The van der Waals surface area contributed by atoms with Gasteiger partial charge in [-0.25, -0.2) is 8.78 Å². The zero-order valence-electron chi connectivity index (χ0n) is 9.19. The molecule has 2 unspecified atom stereocenters. The molecule has 0 spiro atoms. The zero-order valence-corrected chi connectivity index (χ0v) is 9.19. The smallest absolute Gasteiger partial charge is 0.248 e. The summed E-state index contributed by atoms with van der Waals surface area (Å²) in [4.78, 5) is 0. The van der Waals surface area contributed by atoms with Crippen molar-refractivity contribution in [2.75, 3.05) is 0 Å². The third-order valence-electron chi connectivity index (χ3n) is 3.45. The maximum atomic E-state index is 12.9. The number of alkyl halides is 2. The summed E-state index contributed by atoms with van der Waals surface area (Å²) in [5.74, 6) is -2.38. The van der Waals surface area contributed by atoms with Gasteiger partial charge >= 0.3 is 0 Å². The molecular weight excluding hydrogens is 186 g/mol. The molecule has 0 aromatic heterocycles. The van der Waals surface area contributed by atoms with Gasteiger partial charge in [0, 0.05) is 12.8 Å². The fraction of sp³-hybridized carbons (Fsp3) is 1.00. The van der Waals surface area contributed by atoms with Crippen LogP contribution in [-0.4, -0.2) is 16.6 Å². The highest BCUT2D eigenvalue weighted by Crippen LogP contribution is 2.43. The summed E-state index contributed by atoms with van der Waals surface area (Å²) >= 11 is 0. The quantitative estimate of drug-likeness (QED) is 0.751. The second-order valence-electron chi connectivity index (χ2n) is 5.18. The number of hydrogen-bond donors (Lipinski definition) is 1. The highest BCUT2D eigenvalue weighted by molar-refractivity contribution is 4.87. The number of rotatable bonds is 3. The van der Waals surface area contributed by atoms with Gasteiger partial charge in [0.15, 0.2) is 0 Å². The van der Waals surface area contributed by atoms with Crippen LogP contribution in [0.4, 0.5) is 8.78 Å². The van der Waals surface area contributed by atoms with Crippen molar-refractivity contribution < 1.29 is 13.9 Å². The molecule has 0 saturated heterocycles. The summed E-state index contributed by atoms with van der Waals surface area (Å²) in [5, 5.41) is 9.98. The predicted molar refractivity (Wildman–Crippen MR) is 52.4 cm³/mol. The van der Waals surface area contributed by atoms with Gasteiger partial charge in [-0.1, -0.05) is 13.8 Å². The zero-order chi connectivity index (χ0) is 11.0. The lowest BCUT2D eigenvalue weighted by Gasteiger charge is -2.30. The first kappa shape index (κ1) is 11.9. The molecule has 1 nitrogen and oxygen atoms in total. The van der Waals surface area contributed by atoms with Gasteiger partial charge < -0.3 is 5.11 Å². The van der Waals surface area contributed by atoms with Gasteiger partial charge in [0.05, 0.1) is 5.60 Å². The second-order valence-corrected chi connectivity index (χ2v) is 5.18. The van der Waals surface area contributed by atoms with E-state index in [1.165, 1.54) is 0 Å². The van der Waals surface area contributed by atoms with E-state index in [-0.39, 0.29) is 24.7 Å². The van der Waals surface area contributed by atoms with Crippen LogP contribution >= 0.6 is 0 Å². The predicted octanol–water partition coefficient (Wildman–Crippen LogP) is 3.22. The summed E-state index contributed by atoms with van der Waals surface area (Å²) in [6, 6.07) is 0. The number of halogens is 2. The van der Waals surface area contributed by atoms with Crippen molar-refractivity contribution in [3.63, 3.8) is 0 Å². The van der Waals surface area contributed by atoms with E-state index < -0.39 is 11.5 Å². The minimum atomic E-state index is -2.49. The van der Waals surface area contributed by atoms with E-state index >= 15 is 0 Å². The number of aliphatic hydroxyl groups is 1. The second kappa shape index (κ2) is 3.76. The third kappa shape index (κ3) is 2.91. The normalized spacial score (nSPS) is 30.6. The molecule has 1 aliphatic rings. The van der Waals surface area contributed by atoms with E-state index in [2.05, 4.69) is 0 Å². The fourth-order valence-electron chi connectivity index (χ4n) is 2.04. The van der Waals surface area contributed by atoms with Crippen LogP contribution in [0.15, 0.2) is 0 Å². The SMILES string of the molecule is CC(C)C(C)(O)CC1CCC(F)(F)C1. The Morgan fingerprint density at radius 3 is 2.43 bits per heavy atom. The molecule has 2 atom stereocenters. The summed E-state index contributed by atoms with van der Waals surface area (Å²) in [6.45, 7) is 5.59. The van der Waals surface area contributed by atoms with Gasteiger partial charge in [0.1, 0.15) is 0 Å². The van der Waals surface area contributed by atoms with Crippen LogP contribution in [0, 0.1) is 11.8 Å². The standard InChI is InChI=1S/C11H20F2O/c1-8(2)10(3,14)6-9-4-5-11(12,13)7-9/h8-9,14H,4-7H2,1-3H3. The molecule has 0 radical (unpaired) electrons. The van der Waals surface area contributed by atoms with E-state index in [1.807, 2.05) is 13.8 Å². The highest BCUT2D eigenvalue weighted by atomic mass is 19.3. The van der Waals surface area contributed by atoms with Gasteiger partial charge in [0.25, 0.3) is 0 Å². The Labute approximate surface area is 84.5 Å². The third-order valence-corrected chi connectivity index (χ3v) is 3.45. The monoisotopic (exact) mass is 206 g/mol. The van der Waals surface area contributed by atoms with Crippen molar-refractivity contribution in [2.45, 2.75) is 58.0 Å². The van der Waals surface area contributed by atoms with Crippen LogP contribution in [-0.2, 0) is 0 Å². The molecule has 0 aromatic carbocycles. The summed E-state index contributed by atoms with van der Waals surface area (Å²) < 4.78 is 25.8. The van der Waals surface area contributed by atoms with Crippen molar-refractivity contribution in [3.8, 4) is 0 Å². The van der Waals surface area contributed by atoms with Gasteiger partial charge in [-0.2, -0.15) is 0 Å². The van der Waals surface area contributed by atoms with Gasteiger partial charge in [0.2, 0.25) is 5.92 Å². The molecule has 1 aliphatic carbocycles. The highest BCUT2D eigenvalue weighted by Gasteiger charge is 2.42. The minimum absolute atomic E-state index is 0.00809. The van der Waals surface area contributed by atoms with Crippen molar-refractivity contribution in [3.05, 3.63) is 0 Å². The van der Waals surface area contributed by atoms with E-state index in [1.54, 1.807) is 6.92 Å². The molecule has 84 valence electrons. The molecule has 0 amide bonds. The first-order chi connectivity index (χ1) is 6.23. The molecular formula is C11H20F2O. The summed E-state index contributed by atoms with van der Waals surface area (Å²) in [5.41, 5.74) is -0.801. The Balaban J connectivity index is 2.47. The molecule has 14 heavy (non-hydrogen) atoms. The minimum Gasteiger partial charge on any atom is -0.390 e. The molecule has 0 heterocycles. The van der Waals surface area contributed by atoms with Crippen molar-refractivity contribution in [1.82, 2.24) is 0 Å². The van der Waals surface area contributed by atoms with Gasteiger partial charge in [-0.3, -0.25) is 0 Å².